The first-order valence-corrected chi connectivity index (χ1v) is 7.42. The van der Waals surface area contributed by atoms with Gasteiger partial charge >= 0.3 is 0 Å². The van der Waals surface area contributed by atoms with Gasteiger partial charge in [0.25, 0.3) is 0 Å². The Morgan fingerprint density at radius 2 is 2.14 bits per heavy atom. The predicted molar refractivity (Wildman–Crippen MR) is 79.3 cm³/mol. The van der Waals surface area contributed by atoms with E-state index in [1.54, 1.807) is 6.07 Å². The molecule has 9 heteroatoms. The number of benzene rings is 1. The molecule has 0 N–H and O–H groups in total. The molecule has 0 atom stereocenters. The summed E-state index contributed by atoms with van der Waals surface area (Å²) in [6.07, 6.45) is 0. The lowest BCUT2D eigenvalue weighted by atomic mass is 10.2. The minimum Gasteiger partial charge on any atom is -0.353 e. The van der Waals surface area contributed by atoms with E-state index in [1.165, 1.54) is 34.1 Å². The molecule has 1 aromatic carbocycles. The Bertz CT molecular complexity index is 992. The molecule has 0 amide bonds. The van der Waals surface area contributed by atoms with Gasteiger partial charge in [0.05, 0.1) is 11.3 Å². The molecule has 0 unspecified atom stereocenters. The zero-order valence-electron chi connectivity index (χ0n) is 11.1. The van der Waals surface area contributed by atoms with Crippen molar-refractivity contribution in [1.29, 1.82) is 0 Å². The summed E-state index contributed by atoms with van der Waals surface area (Å²) >= 11 is 7.20. The number of aromatic nitrogens is 5. The fraction of sp³-hybridized carbons (Fsp3) is 0.0769. The molecule has 0 radical (unpaired) electrons. The molecule has 22 heavy (non-hydrogen) atoms. The van der Waals surface area contributed by atoms with Gasteiger partial charge in [-0.05, 0) is 25.1 Å². The lowest BCUT2D eigenvalue weighted by molar-refractivity contribution is 0.426. The monoisotopic (exact) mass is 335 g/mol. The molecule has 3 aromatic heterocycles. The number of rotatable bonds is 2. The van der Waals surface area contributed by atoms with Gasteiger partial charge in [-0.2, -0.15) is 4.52 Å². The molecular weight excluding hydrogens is 329 g/mol. The van der Waals surface area contributed by atoms with Crippen LogP contribution in [0.15, 0.2) is 28.8 Å². The second kappa shape index (κ2) is 4.85. The van der Waals surface area contributed by atoms with Crippen molar-refractivity contribution in [2.75, 3.05) is 0 Å². The van der Waals surface area contributed by atoms with Crippen molar-refractivity contribution in [2.45, 2.75) is 6.92 Å². The average Bonchev–Trinajstić information content (AvgIpc) is 3.16. The fourth-order valence-electron chi connectivity index (χ4n) is 2.02. The van der Waals surface area contributed by atoms with Gasteiger partial charge in [0, 0.05) is 11.1 Å². The Labute approximate surface area is 132 Å². The molecule has 6 nitrogen and oxygen atoms in total. The molecule has 0 aliphatic rings. The summed E-state index contributed by atoms with van der Waals surface area (Å²) in [5, 5.41) is 17.2. The van der Waals surface area contributed by atoms with Crippen LogP contribution in [0.1, 0.15) is 5.69 Å². The van der Waals surface area contributed by atoms with Crippen molar-refractivity contribution in [3.05, 3.63) is 40.8 Å². The number of halogens is 2. The van der Waals surface area contributed by atoms with Gasteiger partial charge in [0.1, 0.15) is 5.82 Å². The first-order chi connectivity index (χ1) is 10.6. The Morgan fingerprint density at radius 3 is 2.91 bits per heavy atom. The maximum atomic E-state index is 14.0. The van der Waals surface area contributed by atoms with Crippen molar-refractivity contribution in [2.24, 2.45) is 0 Å². The number of hydrogen-bond donors (Lipinski definition) is 0. The van der Waals surface area contributed by atoms with E-state index < -0.39 is 5.82 Å². The second-order valence-corrected chi connectivity index (χ2v) is 5.97. The Hall–Kier alpha value is -2.32. The van der Waals surface area contributed by atoms with Gasteiger partial charge in [-0.1, -0.05) is 28.1 Å². The van der Waals surface area contributed by atoms with Crippen LogP contribution in [0.4, 0.5) is 4.39 Å². The van der Waals surface area contributed by atoms with Crippen molar-refractivity contribution in [3.8, 4) is 22.2 Å². The summed E-state index contributed by atoms with van der Waals surface area (Å²) < 4.78 is 20.6. The number of aryl methyl sites for hydroxylation is 1. The van der Waals surface area contributed by atoms with Crippen LogP contribution in [0.25, 0.3) is 27.1 Å². The SMILES string of the molecule is Cc1cc(-c2nn3c(-c4cc(Cl)ccc4F)nnc3s2)on1. The molecule has 3 heterocycles. The summed E-state index contributed by atoms with van der Waals surface area (Å²) in [4.78, 5) is 0.526. The van der Waals surface area contributed by atoms with E-state index in [0.29, 0.717) is 20.8 Å². The first-order valence-electron chi connectivity index (χ1n) is 6.23. The van der Waals surface area contributed by atoms with Crippen LogP contribution in [-0.2, 0) is 0 Å². The summed E-state index contributed by atoms with van der Waals surface area (Å²) in [6.45, 7) is 1.82. The van der Waals surface area contributed by atoms with E-state index >= 15 is 0 Å². The molecule has 0 saturated carbocycles. The summed E-state index contributed by atoms with van der Waals surface area (Å²) in [5.41, 5.74) is 0.993. The third-order valence-corrected chi connectivity index (χ3v) is 4.15. The van der Waals surface area contributed by atoms with E-state index in [2.05, 4.69) is 20.5 Å². The molecular formula is C13H7ClFN5OS. The fourth-order valence-corrected chi connectivity index (χ4v) is 2.98. The largest absolute Gasteiger partial charge is 0.353 e. The Morgan fingerprint density at radius 1 is 1.27 bits per heavy atom. The maximum absolute atomic E-state index is 14.0. The van der Waals surface area contributed by atoms with Crippen LogP contribution in [-0.4, -0.2) is 25.0 Å². The Balaban J connectivity index is 1.89. The van der Waals surface area contributed by atoms with Crippen molar-refractivity contribution >= 4 is 27.9 Å². The first kappa shape index (κ1) is 13.4. The average molecular weight is 336 g/mol. The van der Waals surface area contributed by atoms with E-state index in [0.717, 1.165) is 5.69 Å². The van der Waals surface area contributed by atoms with Gasteiger partial charge < -0.3 is 4.52 Å². The van der Waals surface area contributed by atoms with E-state index in [4.69, 9.17) is 16.1 Å². The summed E-state index contributed by atoms with van der Waals surface area (Å²) in [5.74, 6) is 0.378. The number of fused-ring (bicyclic) bond motifs is 1. The normalized spacial score (nSPS) is 11.4. The van der Waals surface area contributed by atoms with Gasteiger partial charge in [-0.15, -0.1) is 15.3 Å². The number of hydrogen-bond acceptors (Lipinski definition) is 6. The smallest absolute Gasteiger partial charge is 0.235 e. The lowest BCUT2D eigenvalue weighted by Crippen LogP contribution is -1.93. The van der Waals surface area contributed by atoms with Crippen molar-refractivity contribution < 1.29 is 8.91 Å². The van der Waals surface area contributed by atoms with Crippen molar-refractivity contribution in [1.82, 2.24) is 25.0 Å². The summed E-state index contributed by atoms with van der Waals surface area (Å²) in [6, 6.07) is 6.02. The summed E-state index contributed by atoms with van der Waals surface area (Å²) in [7, 11) is 0. The van der Waals surface area contributed by atoms with Gasteiger partial charge in [0.2, 0.25) is 4.96 Å². The van der Waals surface area contributed by atoms with Gasteiger partial charge in [-0.25, -0.2) is 4.39 Å². The minimum atomic E-state index is -0.441. The standard InChI is InChI=1S/C13H7ClFN5OS/c1-6-4-10(21-19-6)12-18-20-11(16-17-13(20)22-12)8-5-7(14)2-3-9(8)15/h2-5H,1H3. The zero-order valence-corrected chi connectivity index (χ0v) is 12.7. The highest BCUT2D eigenvalue weighted by molar-refractivity contribution is 7.19. The third-order valence-electron chi connectivity index (χ3n) is 3.00. The molecule has 4 rings (SSSR count). The van der Waals surface area contributed by atoms with Crippen molar-refractivity contribution in [3.63, 3.8) is 0 Å². The molecule has 110 valence electrons. The van der Waals surface area contributed by atoms with Crippen LogP contribution >= 0.6 is 22.9 Å². The van der Waals surface area contributed by atoms with Crippen LogP contribution in [0.5, 0.6) is 0 Å². The van der Waals surface area contributed by atoms with Gasteiger partial charge in [-0.3, -0.25) is 0 Å². The quantitative estimate of drug-likeness (QED) is 0.559. The molecule has 0 bridgehead atoms. The van der Waals surface area contributed by atoms with Crippen LogP contribution in [0.2, 0.25) is 5.02 Å². The highest BCUT2D eigenvalue weighted by atomic mass is 35.5. The number of nitrogens with zero attached hydrogens (tertiary/aromatic N) is 5. The van der Waals surface area contributed by atoms with Crippen LogP contribution in [0, 0.1) is 12.7 Å². The highest BCUT2D eigenvalue weighted by Crippen LogP contribution is 2.30. The van der Waals surface area contributed by atoms with E-state index in [1.807, 2.05) is 6.92 Å². The lowest BCUT2D eigenvalue weighted by Gasteiger charge is -1.99. The van der Waals surface area contributed by atoms with E-state index in [9.17, 15) is 4.39 Å². The van der Waals surface area contributed by atoms with Crippen LogP contribution in [0.3, 0.4) is 0 Å². The highest BCUT2D eigenvalue weighted by Gasteiger charge is 2.19. The second-order valence-electron chi connectivity index (χ2n) is 4.58. The molecule has 4 aromatic rings. The van der Waals surface area contributed by atoms with E-state index in [-0.39, 0.29) is 11.4 Å². The van der Waals surface area contributed by atoms with Gasteiger partial charge in [0.15, 0.2) is 16.6 Å². The predicted octanol–water partition coefficient (Wildman–Crippen LogP) is 3.61. The molecule has 0 spiro atoms. The molecule has 0 aliphatic carbocycles. The maximum Gasteiger partial charge on any atom is 0.235 e. The van der Waals surface area contributed by atoms with Crippen LogP contribution < -0.4 is 0 Å². The minimum absolute atomic E-state index is 0.241. The molecule has 0 fully saturated rings. The molecule has 0 saturated heterocycles. The molecule has 0 aliphatic heterocycles. The topological polar surface area (TPSA) is 69.1 Å². The zero-order chi connectivity index (χ0) is 15.3. The Kier molecular flexibility index (Phi) is 2.95. The third kappa shape index (κ3) is 2.08.